The van der Waals surface area contributed by atoms with Crippen LogP contribution < -0.4 is 10.2 Å². The van der Waals surface area contributed by atoms with Crippen molar-refractivity contribution >= 4 is 23.0 Å². The summed E-state index contributed by atoms with van der Waals surface area (Å²) in [5.74, 6) is 0.225. The molecule has 4 aromatic rings. The lowest BCUT2D eigenvalue weighted by molar-refractivity contribution is 0.475. The number of benzene rings is 2. The predicted octanol–water partition coefficient (Wildman–Crippen LogP) is 5.06. The number of aromatic nitrogens is 2. The van der Waals surface area contributed by atoms with Crippen LogP contribution in [-0.4, -0.2) is 19.8 Å². The van der Waals surface area contributed by atoms with Gasteiger partial charge in [0.2, 0.25) is 0 Å². The third kappa shape index (κ3) is 3.45. The van der Waals surface area contributed by atoms with Crippen LogP contribution in [0, 0.1) is 6.92 Å². The van der Waals surface area contributed by atoms with E-state index in [1.165, 1.54) is 5.56 Å². The Hall–Kier alpha value is -3.64. The van der Waals surface area contributed by atoms with Crippen molar-refractivity contribution < 1.29 is 5.11 Å². The van der Waals surface area contributed by atoms with Crippen LogP contribution in [0.25, 0.3) is 5.69 Å². The minimum Gasteiger partial charge on any atom is -0.508 e. The number of anilines is 1. The number of thiocarbonyl (C=S) groups is 1. The molecule has 5 nitrogen and oxygen atoms in total. The van der Waals surface area contributed by atoms with E-state index in [-0.39, 0.29) is 17.8 Å². The molecule has 0 aliphatic carbocycles. The van der Waals surface area contributed by atoms with Gasteiger partial charge >= 0.3 is 0 Å². The second kappa shape index (κ2) is 7.89. The second-order valence-corrected chi connectivity index (χ2v) is 7.99. The fraction of sp³-hybridized carbons (Fsp3) is 0.120. The molecule has 154 valence electrons. The fourth-order valence-electron chi connectivity index (χ4n) is 4.23. The van der Waals surface area contributed by atoms with E-state index in [2.05, 4.69) is 63.2 Å². The van der Waals surface area contributed by atoms with E-state index in [9.17, 15) is 5.11 Å². The van der Waals surface area contributed by atoms with Crippen molar-refractivity contribution in [3.8, 4) is 11.4 Å². The van der Waals surface area contributed by atoms with Crippen molar-refractivity contribution in [3.63, 3.8) is 0 Å². The highest BCUT2D eigenvalue weighted by Crippen LogP contribution is 2.42. The monoisotopic (exact) mass is 426 g/mol. The number of aryl methyl sites for hydroxylation is 1. The average molecular weight is 427 g/mol. The zero-order valence-electron chi connectivity index (χ0n) is 17.0. The molecule has 1 aliphatic heterocycles. The molecule has 1 aliphatic rings. The minimum atomic E-state index is -0.125. The van der Waals surface area contributed by atoms with Crippen LogP contribution in [0.3, 0.4) is 0 Å². The second-order valence-electron chi connectivity index (χ2n) is 7.60. The van der Waals surface area contributed by atoms with Crippen molar-refractivity contribution in [2.24, 2.45) is 0 Å². The van der Waals surface area contributed by atoms with Crippen LogP contribution in [-0.2, 0) is 0 Å². The molecule has 2 N–H and O–H groups in total. The number of hydrogen-bond donors (Lipinski definition) is 2. The lowest BCUT2D eigenvalue weighted by atomic mass is 10.0. The summed E-state index contributed by atoms with van der Waals surface area (Å²) in [6.45, 7) is 2.12. The van der Waals surface area contributed by atoms with Gasteiger partial charge in [-0.15, -0.1) is 0 Å². The zero-order valence-corrected chi connectivity index (χ0v) is 17.8. The first-order valence-corrected chi connectivity index (χ1v) is 10.6. The van der Waals surface area contributed by atoms with E-state index in [4.69, 9.17) is 12.2 Å². The third-order valence-electron chi connectivity index (χ3n) is 5.68. The number of nitrogens with zero attached hydrogens (tertiary/aromatic N) is 3. The van der Waals surface area contributed by atoms with Crippen LogP contribution in [0.2, 0.25) is 0 Å². The highest BCUT2D eigenvalue weighted by Gasteiger charge is 2.42. The largest absolute Gasteiger partial charge is 0.508 e. The quantitative estimate of drug-likeness (QED) is 0.447. The maximum Gasteiger partial charge on any atom is 0.174 e. The van der Waals surface area contributed by atoms with Gasteiger partial charge in [0, 0.05) is 29.5 Å². The van der Waals surface area contributed by atoms with Gasteiger partial charge in [0.05, 0.1) is 11.7 Å². The molecule has 5 rings (SSSR count). The summed E-state index contributed by atoms with van der Waals surface area (Å²) < 4.78 is 2.22. The average Bonchev–Trinajstić information content (AvgIpc) is 3.39. The van der Waals surface area contributed by atoms with Gasteiger partial charge in [-0.25, -0.2) is 0 Å². The molecule has 3 heterocycles. The normalized spacial score (nSPS) is 18.2. The van der Waals surface area contributed by atoms with Crippen molar-refractivity contribution in [3.05, 3.63) is 108 Å². The number of pyridine rings is 1. The topological polar surface area (TPSA) is 53.3 Å². The smallest absolute Gasteiger partial charge is 0.174 e. The van der Waals surface area contributed by atoms with Crippen LogP contribution >= 0.6 is 12.2 Å². The Labute approximate surface area is 186 Å². The van der Waals surface area contributed by atoms with Crippen LogP contribution in [0.4, 0.5) is 5.69 Å². The highest BCUT2D eigenvalue weighted by molar-refractivity contribution is 7.80. The van der Waals surface area contributed by atoms with Gasteiger partial charge in [-0.1, -0.05) is 24.3 Å². The van der Waals surface area contributed by atoms with Crippen LogP contribution in [0.1, 0.15) is 29.0 Å². The first kappa shape index (κ1) is 19.3. The summed E-state index contributed by atoms with van der Waals surface area (Å²) in [5, 5.41) is 13.9. The molecule has 1 fully saturated rings. The lowest BCUT2D eigenvalue weighted by Crippen LogP contribution is -2.30. The Balaban J connectivity index is 1.68. The maximum atomic E-state index is 9.79. The van der Waals surface area contributed by atoms with Crippen molar-refractivity contribution in [2.45, 2.75) is 19.0 Å². The minimum absolute atomic E-state index is 0.124. The van der Waals surface area contributed by atoms with E-state index in [1.54, 1.807) is 18.3 Å². The predicted molar refractivity (Wildman–Crippen MR) is 127 cm³/mol. The molecule has 1 saturated heterocycles. The first-order chi connectivity index (χ1) is 15.1. The van der Waals surface area contributed by atoms with Crippen molar-refractivity contribution in [1.82, 2.24) is 14.9 Å². The Kier molecular flexibility index (Phi) is 4.92. The van der Waals surface area contributed by atoms with E-state index < -0.39 is 0 Å². The standard InChI is InChI=1S/C25H22N4OS/c1-17-7-2-3-9-21(17)28-16-6-10-22(28)24-23(20-8-4-5-15-26-20)27-25(31)29(24)18-11-13-19(30)14-12-18/h2-16,23-24,30H,1H3,(H,27,31)/t23-,24+/m0/s1. The molecule has 2 aromatic carbocycles. The molecule has 2 aromatic heterocycles. The number of hydrogen-bond acceptors (Lipinski definition) is 3. The van der Waals surface area contributed by atoms with Crippen LogP contribution in [0.15, 0.2) is 91.3 Å². The number of phenols is 1. The van der Waals surface area contributed by atoms with E-state index >= 15 is 0 Å². The van der Waals surface area contributed by atoms with Gasteiger partial charge in [-0.2, -0.15) is 0 Å². The lowest BCUT2D eigenvalue weighted by Gasteiger charge is -2.29. The van der Waals surface area contributed by atoms with Gasteiger partial charge in [0.15, 0.2) is 5.11 Å². The SMILES string of the molecule is Cc1ccccc1-n1cccc1[C@@H]1[C@H](c2ccccn2)NC(=S)N1c1ccc(O)cc1. The highest BCUT2D eigenvalue weighted by atomic mass is 32.1. The number of para-hydroxylation sites is 1. The van der Waals surface area contributed by atoms with E-state index in [0.29, 0.717) is 5.11 Å². The number of nitrogens with one attached hydrogen (secondary N) is 1. The first-order valence-electron chi connectivity index (χ1n) is 10.2. The molecule has 2 atom stereocenters. The molecule has 0 unspecified atom stereocenters. The summed E-state index contributed by atoms with van der Waals surface area (Å²) in [5.41, 5.74) is 5.26. The van der Waals surface area contributed by atoms with Gasteiger partial charge in [-0.05, 0) is 79.3 Å². The number of rotatable bonds is 4. The van der Waals surface area contributed by atoms with Gasteiger partial charge < -0.3 is 19.9 Å². The third-order valence-corrected chi connectivity index (χ3v) is 6.00. The van der Waals surface area contributed by atoms with Crippen molar-refractivity contribution in [2.75, 3.05) is 4.90 Å². The summed E-state index contributed by atoms with van der Waals surface area (Å²) in [6, 6.07) is 25.4. The van der Waals surface area contributed by atoms with E-state index in [1.807, 2.05) is 36.4 Å². The van der Waals surface area contributed by atoms with Gasteiger partial charge in [0.1, 0.15) is 11.8 Å². The Morgan fingerprint density at radius 2 is 1.71 bits per heavy atom. The molecule has 0 bridgehead atoms. The van der Waals surface area contributed by atoms with Crippen LogP contribution in [0.5, 0.6) is 5.75 Å². The maximum absolute atomic E-state index is 9.79. The fourth-order valence-corrected chi connectivity index (χ4v) is 4.58. The molecule has 0 radical (unpaired) electrons. The van der Waals surface area contributed by atoms with Gasteiger partial charge in [-0.3, -0.25) is 4.98 Å². The summed E-state index contributed by atoms with van der Waals surface area (Å²) in [6.07, 6.45) is 3.89. The number of aromatic hydroxyl groups is 1. The zero-order chi connectivity index (χ0) is 21.4. The van der Waals surface area contributed by atoms with Crippen molar-refractivity contribution in [1.29, 1.82) is 0 Å². The Bertz CT molecular complexity index is 1220. The molecule has 0 saturated carbocycles. The summed E-state index contributed by atoms with van der Waals surface area (Å²) >= 11 is 5.78. The number of phenolic OH excluding ortho intramolecular Hbond substituents is 1. The molecule has 6 heteroatoms. The molecular weight excluding hydrogens is 404 g/mol. The van der Waals surface area contributed by atoms with E-state index in [0.717, 1.165) is 22.8 Å². The molecule has 0 spiro atoms. The molecular formula is C25H22N4OS. The summed E-state index contributed by atoms with van der Waals surface area (Å²) in [7, 11) is 0. The summed E-state index contributed by atoms with van der Waals surface area (Å²) in [4.78, 5) is 6.73. The Morgan fingerprint density at radius 3 is 2.45 bits per heavy atom. The molecule has 31 heavy (non-hydrogen) atoms. The molecule has 0 amide bonds. The Morgan fingerprint density at radius 1 is 0.935 bits per heavy atom. The van der Waals surface area contributed by atoms with Gasteiger partial charge in [0.25, 0.3) is 0 Å².